The molecule has 0 spiro atoms. The molecule has 0 saturated heterocycles. The van der Waals surface area contributed by atoms with Gasteiger partial charge in [0.25, 0.3) is 0 Å². The van der Waals surface area contributed by atoms with Crippen LogP contribution < -0.4 is 19.1 Å². The van der Waals surface area contributed by atoms with Crippen molar-refractivity contribution in [2.75, 3.05) is 37.9 Å². The van der Waals surface area contributed by atoms with Crippen LogP contribution in [0.2, 0.25) is 0 Å². The van der Waals surface area contributed by atoms with E-state index in [0.29, 0.717) is 30.2 Å². The van der Waals surface area contributed by atoms with E-state index in [-0.39, 0.29) is 43.7 Å². The van der Waals surface area contributed by atoms with Crippen molar-refractivity contribution in [3.8, 4) is 11.5 Å². The summed E-state index contributed by atoms with van der Waals surface area (Å²) in [5.74, 6) is 0.937. The Morgan fingerprint density at radius 2 is 1.49 bits per heavy atom. The number of nitrogens with zero attached hydrogens (tertiary/aromatic N) is 2. The molecule has 232 valence electrons. The molecular weight excluding hydrogens is 566 g/mol. The van der Waals surface area contributed by atoms with Crippen LogP contribution in [0.4, 0.5) is 5.69 Å². The molecule has 0 radical (unpaired) electrons. The number of methoxy groups -OCH3 is 2. The molecule has 9 nitrogen and oxygen atoms in total. The maximum absolute atomic E-state index is 14.0. The summed E-state index contributed by atoms with van der Waals surface area (Å²) in [6.45, 7) is 4.79. The number of nitrogens with one attached hydrogen (secondary N) is 1. The van der Waals surface area contributed by atoms with E-state index in [4.69, 9.17) is 9.47 Å². The van der Waals surface area contributed by atoms with Gasteiger partial charge in [-0.1, -0.05) is 62.4 Å². The van der Waals surface area contributed by atoms with Crippen LogP contribution in [0.25, 0.3) is 0 Å². The predicted octanol–water partition coefficient (Wildman–Crippen LogP) is 4.66. The molecule has 3 aromatic carbocycles. The fourth-order valence-corrected chi connectivity index (χ4v) is 5.67. The van der Waals surface area contributed by atoms with Gasteiger partial charge in [0.1, 0.15) is 17.5 Å². The van der Waals surface area contributed by atoms with Gasteiger partial charge in [-0.25, -0.2) is 8.42 Å². The van der Waals surface area contributed by atoms with Crippen molar-refractivity contribution in [2.45, 2.75) is 45.7 Å². The van der Waals surface area contributed by atoms with Crippen LogP contribution in [-0.4, -0.2) is 64.7 Å². The first-order valence-corrected chi connectivity index (χ1v) is 16.2. The molecule has 0 aliphatic carbocycles. The summed E-state index contributed by atoms with van der Waals surface area (Å²) >= 11 is 0. The number of carbonyl (C=O) groups excluding carboxylic acids is 2. The number of rotatable bonds is 16. The minimum absolute atomic E-state index is 0.0444. The van der Waals surface area contributed by atoms with E-state index in [0.717, 1.165) is 17.4 Å². The van der Waals surface area contributed by atoms with Gasteiger partial charge in [-0.3, -0.25) is 13.9 Å². The molecule has 1 N–H and O–H groups in total. The fraction of sp³-hybridized carbons (Fsp3) is 0.394. The number of hydrogen-bond donors (Lipinski definition) is 1. The maximum Gasteiger partial charge on any atom is 0.243 e. The van der Waals surface area contributed by atoms with E-state index in [1.54, 1.807) is 36.3 Å². The van der Waals surface area contributed by atoms with E-state index >= 15 is 0 Å². The normalized spacial score (nSPS) is 12.0. The number of carbonyl (C=O) groups is 2. The Labute approximate surface area is 255 Å². The van der Waals surface area contributed by atoms with E-state index in [2.05, 4.69) is 5.32 Å². The number of benzene rings is 3. The van der Waals surface area contributed by atoms with Crippen LogP contribution >= 0.6 is 0 Å². The molecule has 0 bridgehead atoms. The Hall–Kier alpha value is -4.05. The highest BCUT2D eigenvalue weighted by molar-refractivity contribution is 7.92. The molecule has 43 heavy (non-hydrogen) atoms. The first-order chi connectivity index (χ1) is 20.5. The zero-order valence-electron chi connectivity index (χ0n) is 25.7. The zero-order chi connectivity index (χ0) is 31.4. The molecule has 10 heteroatoms. The third-order valence-corrected chi connectivity index (χ3v) is 8.13. The molecule has 0 aliphatic heterocycles. The highest BCUT2D eigenvalue weighted by Gasteiger charge is 2.30. The van der Waals surface area contributed by atoms with E-state index in [1.807, 2.05) is 68.4 Å². The highest BCUT2D eigenvalue weighted by atomic mass is 32.2. The summed E-state index contributed by atoms with van der Waals surface area (Å²) in [7, 11) is -0.533. The lowest BCUT2D eigenvalue weighted by Gasteiger charge is -2.32. The summed E-state index contributed by atoms with van der Waals surface area (Å²) < 4.78 is 37.3. The molecule has 0 aliphatic rings. The molecule has 0 heterocycles. The Bertz CT molecular complexity index is 1450. The number of ether oxygens (including phenoxy) is 2. The van der Waals surface area contributed by atoms with Crippen molar-refractivity contribution in [1.82, 2.24) is 10.2 Å². The summed E-state index contributed by atoms with van der Waals surface area (Å²) in [6.07, 6.45) is 1.77. The molecule has 0 aromatic heterocycles. The Morgan fingerprint density at radius 1 is 0.860 bits per heavy atom. The summed E-state index contributed by atoms with van der Waals surface area (Å²) in [5, 5.41) is 3.02. The van der Waals surface area contributed by atoms with Crippen LogP contribution in [0.5, 0.6) is 11.5 Å². The van der Waals surface area contributed by atoms with Crippen LogP contribution in [0.15, 0.2) is 78.9 Å². The smallest absolute Gasteiger partial charge is 0.243 e. The molecule has 1 atom stereocenters. The average molecular weight is 610 g/mol. The van der Waals surface area contributed by atoms with E-state index in [9.17, 15) is 18.0 Å². The summed E-state index contributed by atoms with van der Waals surface area (Å²) in [6, 6.07) is 23.0. The largest absolute Gasteiger partial charge is 0.497 e. The number of hydrogen-bond acceptors (Lipinski definition) is 6. The highest BCUT2D eigenvalue weighted by Crippen LogP contribution is 2.24. The first kappa shape index (κ1) is 33.5. The van der Waals surface area contributed by atoms with Crippen LogP contribution in [-0.2, 0) is 32.6 Å². The van der Waals surface area contributed by atoms with Gasteiger partial charge in [0.05, 0.1) is 26.2 Å². The second-order valence-electron chi connectivity index (χ2n) is 10.9. The third-order valence-electron chi connectivity index (χ3n) is 6.94. The summed E-state index contributed by atoms with van der Waals surface area (Å²) in [5.41, 5.74) is 2.20. The minimum Gasteiger partial charge on any atom is -0.497 e. The molecule has 3 aromatic rings. The average Bonchev–Trinajstić information content (AvgIpc) is 2.99. The molecular formula is C33H43N3O6S. The van der Waals surface area contributed by atoms with Gasteiger partial charge in [-0.05, 0) is 47.7 Å². The Morgan fingerprint density at radius 3 is 2.12 bits per heavy atom. The van der Waals surface area contributed by atoms with Gasteiger partial charge in [-0.2, -0.15) is 0 Å². The standard InChI is InChI=1S/C33H43N3O6S/c1-25(2)23-34-33(38)31(21-26-12-7-6-8-13-26)35(24-27-14-9-16-29(20-27)41-3)32(37)18-11-19-36(43(5,39)40)28-15-10-17-30(22-28)42-4/h6-10,12-17,20,22,25,31H,11,18-19,21,23-24H2,1-5H3,(H,34,38)/t31-/m0/s1. The quantitative estimate of drug-likeness (QED) is 0.253. The molecule has 3 rings (SSSR count). The lowest BCUT2D eigenvalue weighted by Crippen LogP contribution is -2.51. The molecule has 2 amide bonds. The van der Waals surface area contributed by atoms with Gasteiger partial charge in [0.15, 0.2) is 0 Å². The second kappa shape index (κ2) is 16.0. The maximum atomic E-state index is 14.0. The van der Waals surface area contributed by atoms with Gasteiger partial charge >= 0.3 is 0 Å². The van der Waals surface area contributed by atoms with Crippen LogP contribution in [0.1, 0.15) is 37.8 Å². The van der Waals surface area contributed by atoms with E-state index in [1.165, 1.54) is 11.4 Å². The number of sulfonamides is 1. The van der Waals surface area contributed by atoms with Gasteiger partial charge in [-0.15, -0.1) is 0 Å². The van der Waals surface area contributed by atoms with Crippen molar-refractivity contribution in [1.29, 1.82) is 0 Å². The van der Waals surface area contributed by atoms with Crippen molar-refractivity contribution in [3.63, 3.8) is 0 Å². The lowest BCUT2D eigenvalue weighted by atomic mass is 10.0. The van der Waals surface area contributed by atoms with Crippen molar-refractivity contribution >= 4 is 27.5 Å². The number of anilines is 1. The summed E-state index contributed by atoms with van der Waals surface area (Å²) in [4.78, 5) is 29.2. The zero-order valence-corrected chi connectivity index (χ0v) is 26.5. The number of amides is 2. The molecule has 0 fully saturated rings. The SMILES string of the molecule is COc1cccc(CN(C(=O)CCCN(c2cccc(OC)c2)S(C)(=O)=O)[C@@H](Cc2ccccc2)C(=O)NCC(C)C)c1. The lowest BCUT2D eigenvalue weighted by molar-refractivity contribution is -0.141. The van der Waals surface area contributed by atoms with Gasteiger partial charge in [0, 0.05) is 38.5 Å². The predicted molar refractivity (Wildman–Crippen MR) is 170 cm³/mol. The van der Waals surface area contributed by atoms with Crippen molar-refractivity contribution in [3.05, 3.63) is 90.0 Å². The van der Waals surface area contributed by atoms with Crippen molar-refractivity contribution < 1.29 is 27.5 Å². The topological polar surface area (TPSA) is 105 Å². The van der Waals surface area contributed by atoms with Gasteiger partial charge < -0.3 is 19.7 Å². The monoisotopic (exact) mass is 609 g/mol. The van der Waals surface area contributed by atoms with Crippen LogP contribution in [0.3, 0.4) is 0 Å². The molecule has 0 saturated carbocycles. The second-order valence-corrected chi connectivity index (χ2v) is 12.8. The van der Waals surface area contributed by atoms with Crippen molar-refractivity contribution in [2.24, 2.45) is 5.92 Å². The first-order valence-electron chi connectivity index (χ1n) is 14.4. The van der Waals surface area contributed by atoms with Gasteiger partial charge in [0.2, 0.25) is 21.8 Å². The van der Waals surface area contributed by atoms with E-state index < -0.39 is 16.1 Å². The third kappa shape index (κ3) is 10.3. The Kier molecular flexibility index (Phi) is 12.4. The molecule has 0 unspecified atom stereocenters. The fourth-order valence-electron chi connectivity index (χ4n) is 4.71. The Balaban J connectivity index is 1.90. The van der Waals surface area contributed by atoms with Crippen LogP contribution in [0, 0.1) is 5.92 Å². The minimum atomic E-state index is -3.63.